The summed E-state index contributed by atoms with van der Waals surface area (Å²) in [5, 5.41) is 6.29. The lowest BCUT2D eigenvalue weighted by molar-refractivity contribution is -0.119. The summed E-state index contributed by atoms with van der Waals surface area (Å²) in [7, 11) is 1.71. The van der Waals surface area contributed by atoms with E-state index in [0.717, 1.165) is 63.0 Å². The summed E-state index contributed by atoms with van der Waals surface area (Å²) < 4.78 is 5.48. The van der Waals surface area contributed by atoms with Crippen LogP contribution in [0.2, 0.25) is 0 Å². The highest BCUT2D eigenvalue weighted by Crippen LogP contribution is 2.28. The van der Waals surface area contributed by atoms with E-state index in [1.807, 2.05) is 25.1 Å². The zero-order valence-corrected chi connectivity index (χ0v) is 18.4. The molecule has 0 spiro atoms. The van der Waals surface area contributed by atoms with Crippen LogP contribution in [0.15, 0.2) is 29.3 Å². The number of benzene rings is 1. The van der Waals surface area contributed by atoms with E-state index in [1.165, 1.54) is 0 Å². The molecule has 27 heavy (non-hydrogen) atoms. The molecule has 7 nitrogen and oxygen atoms in total. The van der Waals surface area contributed by atoms with Gasteiger partial charge in [0.25, 0.3) is 0 Å². The minimum Gasteiger partial charge on any atom is -0.495 e. The maximum Gasteiger partial charge on any atom is 0.242 e. The van der Waals surface area contributed by atoms with Crippen LogP contribution in [0.1, 0.15) is 19.8 Å². The van der Waals surface area contributed by atoms with Crippen LogP contribution in [0.4, 0.5) is 5.69 Å². The van der Waals surface area contributed by atoms with Crippen molar-refractivity contribution in [2.24, 2.45) is 4.99 Å². The average Bonchev–Trinajstić information content (AvgIpc) is 3.49. The number of piperazine rings is 1. The molecule has 2 N–H and O–H groups in total. The van der Waals surface area contributed by atoms with Crippen LogP contribution < -0.4 is 20.3 Å². The smallest absolute Gasteiger partial charge is 0.242 e. The van der Waals surface area contributed by atoms with Gasteiger partial charge in [0.15, 0.2) is 5.96 Å². The number of methoxy groups -OCH3 is 1. The van der Waals surface area contributed by atoms with Crippen molar-refractivity contribution in [1.29, 1.82) is 0 Å². The van der Waals surface area contributed by atoms with Gasteiger partial charge in [-0.1, -0.05) is 12.1 Å². The highest BCUT2D eigenvalue weighted by atomic mass is 127. The van der Waals surface area contributed by atoms with E-state index in [0.29, 0.717) is 6.04 Å². The van der Waals surface area contributed by atoms with Gasteiger partial charge in [-0.2, -0.15) is 0 Å². The summed E-state index contributed by atoms with van der Waals surface area (Å²) in [6.07, 6.45) is 2.20. The summed E-state index contributed by atoms with van der Waals surface area (Å²) in [5.41, 5.74) is 1.13. The van der Waals surface area contributed by atoms with Crippen molar-refractivity contribution < 1.29 is 9.53 Å². The number of carbonyl (C=O) groups is 1. The predicted molar refractivity (Wildman–Crippen MR) is 119 cm³/mol. The quantitative estimate of drug-likeness (QED) is 0.363. The van der Waals surface area contributed by atoms with E-state index in [4.69, 9.17) is 4.74 Å². The Morgan fingerprint density at radius 2 is 1.93 bits per heavy atom. The second-order valence-electron chi connectivity index (χ2n) is 6.66. The minimum atomic E-state index is 0. The van der Waals surface area contributed by atoms with Crippen molar-refractivity contribution in [2.45, 2.75) is 25.8 Å². The zero-order valence-electron chi connectivity index (χ0n) is 16.1. The molecule has 0 bridgehead atoms. The van der Waals surface area contributed by atoms with Crippen molar-refractivity contribution >= 4 is 41.5 Å². The van der Waals surface area contributed by atoms with Crippen molar-refractivity contribution in [1.82, 2.24) is 15.5 Å². The van der Waals surface area contributed by atoms with Gasteiger partial charge in [0.2, 0.25) is 5.91 Å². The number of anilines is 1. The highest BCUT2D eigenvalue weighted by Gasteiger charge is 2.24. The van der Waals surface area contributed by atoms with Gasteiger partial charge in [0.1, 0.15) is 12.3 Å². The average molecular weight is 487 g/mol. The molecule has 1 amide bonds. The number of nitrogens with zero attached hydrogens (tertiary/aromatic N) is 3. The van der Waals surface area contributed by atoms with E-state index < -0.39 is 0 Å². The second-order valence-corrected chi connectivity index (χ2v) is 6.66. The molecule has 2 fully saturated rings. The lowest BCUT2D eigenvalue weighted by atomic mass is 10.2. The highest BCUT2D eigenvalue weighted by molar-refractivity contribution is 14.0. The molecule has 1 aromatic carbocycles. The molecule has 2 aliphatic rings. The minimum absolute atomic E-state index is 0. The summed E-state index contributed by atoms with van der Waals surface area (Å²) in [6.45, 7) is 6.51. The van der Waals surface area contributed by atoms with Crippen LogP contribution in [-0.2, 0) is 4.79 Å². The van der Waals surface area contributed by atoms with Gasteiger partial charge in [0, 0.05) is 38.8 Å². The number of halogens is 1. The maximum atomic E-state index is 11.9. The fraction of sp³-hybridized carbons (Fsp3) is 0.579. The fourth-order valence-corrected chi connectivity index (χ4v) is 3.12. The predicted octanol–water partition coefficient (Wildman–Crippen LogP) is 1.68. The van der Waals surface area contributed by atoms with Gasteiger partial charge in [-0.15, -0.1) is 24.0 Å². The molecule has 1 aliphatic heterocycles. The lowest BCUT2D eigenvalue weighted by Gasteiger charge is -2.38. The molecular formula is C19H30IN5O2. The zero-order chi connectivity index (χ0) is 18.4. The van der Waals surface area contributed by atoms with Gasteiger partial charge in [-0.3, -0.25) is 4.79 Å². The molecule has 1 aromatic rings. The number of guanidine groups is 1. The van der Waals surface area contributed by atoms with E-state index >= 15 is 0 Å². The Balaban J connectivity index is 0.00000261. The second kappa shape index (κ2) is 10.6. The molecule has 8 heteroatoms. The van der Waals surface area contributed by atoms with E-state index in [1.54, 1.807) is 7.11 Å². The summed E-state index contributed by atoms with van der Waals surface area (Å²) >= 11 is 0. The number of amides is 1. The lowest BCUT2D eigenvalue weighted by Crippen LogP contribution is -2.52. The summed E-state index contributed by atoms with van der Waals surface area (Å²) in [5.74, 6) is 1.73. The van der Waals surface area contributed by atoms with Gasteiger partial charge in [-0.05, 0) is 31.9 Å². The third-order valence-electron chi connectivity index (χ3n) is 4.65. The Morgan fingerprint density at radius 3 is 2.56 bits per heavy atom. The number of carbonyl (C=O) groups excluding carboxylic acids is 1. The SMILES string of the molecule is CCNC(=NCC(=O)NC1CC1)N1CCN(c2ccccc2OC)CC1.I. The van der Waals surface area contributed by atoms with Crippen molar-refractivity contribution in [3.8, 4) is 5.75 Å². The van der Waals surface area contributed by atoms with Crippen LogP contribution in [0, 0.1) is 0 Å². The summed E-state index contributed by atoms with van der Waals surface area (Å²) in [4.78, 5) is 21.0. The van der Waals surface area contributed by atoms with E-state index in [-0.39, 0.29) is 36.4 Å². The van der Waals surface area contributed by atoms with Crippen LogP contribution in [0.5, 0.6) is 5.75 Å². The molecule has 1 heterocycles. The fourth-order valence-electron chi connectivity index (χ4n) is 3.12. The molecule has 0 aromatic heterocycles. The van der Waals surface area contributed by atoms with E-state index in [2.05, 4.69) is 31.5 Å². The van der Waals surface area contributed by atoms with Crippen LogP contribution in [0.3, 0.4) is 0 Å². The Kier molecular flexibility index (Phi) is 8.46. The number of nitrogens with one attached hydrogen (secondary N) is 2. The molecule has 150 valence electrons. The van der Waals surface area contributed by atoms with E-state index in [9.17, 15) is 4.79 Å². The molecule has 0 radical (unpaired) electrons. The maximum absolute atomic E-state index is 11.9. The number of para-hydroxylation sites is 2. The number of rotatable bonds is 6. The monoisotopic (exact) mass is 487 g/mol. The standard InChI is InChI=1S/C19H29N5O2.HI/c1-3-20-19(21-14-18(25)22-15-8-9-15)24-12-10-23(11-13-24)16-6-4-5-7-17(16)26-2;/h4-7,15H,3,8-14H2,1-2H3,(H,20,21)(H,22,25);1H. The molecule has 0 unspecified atom stereocenters. The number of hydrogen-bond acceptors (Lipinski definition) is 4. The Labute approximate surface area is 178 Å². The Bertz CT molecular complexity index is 643. The van der Waals surface area contributed by atoms with Gasteiger partial charge in [-0.25, -0.2) is 4.99 Å². The van der Waals surface area contributed by atoms with Crippen molar-refractivity contribution in [3.05, 3.63) is 24.3 Å². The molecule has 1 saturated heterocycles. The normalized spacial score (nSPS) is 17.2. The van der Waals surface area contributed by atoms with Gasteiger partial charge >= 0.3 is 0 Å². The van der Waals surface area contributed by atoms with Gasteiger partial charge < -0.3 is 25.2 Å². The Morgan fingerprint density at radius 1 is 1.22 bits per heavy atom. The molecule has 1 saturated carbocycles. The first kappa shape index (κ1) is 21.6. The van der Waals surface area contributed by atoms with Crippen molar-refractivity contribution in [3.63, 3.8) is 0 Å². The molecule has 1 aliphatic carbocycles. The molecule has 0 atom stereocenters. The topological polar surface area (TPSA) is 69.2 Å². The first-order chi connectivity index (χ1) is 12.7. The third kappa shape index (κ3) is 6.15. The number of aliphatic imine (C=N–C) groups is 1. The number of ether oxygens (including phenoxy) is 1. The van der Waals surface area contributed by atoms with Crippen LogP contribution in [-0.4, -0.2) is 69.2 Å². The van der Waals surface area contributed by atoms with Gasteiger partial charge in [0.05, 0.1) is 12.8 Å². The first-order valence-corrected chi connectivity index (χ1v) is 9.42. The first-order valence-electron chi connectivity index (χ1n) is 9.42. The van der Waals surface area contributed by atoms with Crippen LogP contribution in [0.25, 0.3) is 0 Å². The van der Waals surface area contributed by atoms with Crippen molar-refractivity contribution in [2.75, 3.05) is 51.3 Å². The molecule has 3 rings (SSSR count). The number of hydrogen-bond donors (Lipinski definition) is 2. The van der Waals surface area contributed by atoms with Crippen LogP contribution >= 0.6 is 24.0 Å². The molecular weight excluding hydrogens is 457 g/mol. The summed E-state index contributed by atoms with van der Waals surface area (Å²) in [6, 6.07) is 8.49. The Hall–Kier alpha value is -1.71. The third-order valence-corrected chi connectivity index (χ3v) is 4.65. The largest absolute Gasteiger partial charge is 0.495 e.